The van der Waals surface area contributed by atoms with E-state index in [1.165, 1.54) is 30.5 Å². The molecule has 1 atom stereocenters. The number of phosphoric ester groups is 1. The van der Waals surface area contributed by atoms with Gasteiger partial charge in [0.15, 0.2) is 6.79 Å². The van der Waals surface area contributed by atoms with Crippen LogP contribution < -0.4 is 4.74 Å². The summed E-state index contributed by atoms with van der Waals surface area (Å²) in [5.74, 6) is 0.0953. The predicted molar refractivity (Wildman–Crippen MR) is 93.5 cm³/mol. The maximum absolute atomic E-state index is 11.7. The molecule has 0 bridgehead atoms. The van der Waals surface area contributed by atoms with Crippen molar-refractivity contribution in [3.63, 3.8) is 0 Å². The van der Waals surface area contributed by atoms with Crippen LogP contribution in [0.3, 0.4) is 0 Å². The summed E-state index contributed by atoms with van der Waals surface area (Å²) < 4.78 is 35.0. The zero-order valence-electron chi connectivity index (χ0n) is 14.8. The van der Waals surface area contributed by atoms with E-state index in [9.17, 15) is 24.4 Å². The number of nitro benzene ring substituents is 1. The minimum Gasteiger partial charge on any atom is -0.465 e. The van der Waals surface area contributed by atoms with Crippen LogP contribution in [0.1, 0.15) is 13.8 Å². The molecule has 0 saturated carbocycles. The van der Waals surface area contributed by atoms with E-state index in [0.717, 1.165) is 0 Å². The van der Waals surface area contributed by atoms with Crippen molar-refractivity contribution in [1.82, 2.24) is 4.98 Å². The quantitative estimate of drug-likeness (QED) is 0.210. The standard InChI is InChI=1S/C15H17N2O10P/c1-10(2)27-15(18)24-9-26-28(21,22)25-8-23-13-6-5-12(17(19)20)11-4-3-7-16-14(11)13/h3-7,10H,8-9H2,1-2H3,(H,21,22). The SMILES string of the molecule is CC(C)OC(=O)OCOP(=O)(O)OCOc1ccc([N+](=O)[O-])c2cccnc12. The lowest BCUT2D eigenvalue weighted by atomic mass is 10.1. The highest BCUT2D eigenvalue weighted by Crippen LogP contribution is 2.43. The third-order valence-electron chi connectivity index (χ3n) is 3.06. The molecule has 0 spiro atoms. The van der Waals surface area contributed by atoms with Crippen LogP contribution in [0.4, 0.5) is 10.5 Å². The molecule has 2 rings (SSSR count). The highest BCUT2D eigenvalue weighted by molar-refractivity contribution is 7.47. The molecule has 1 aromatic carbocycles. The van der Waals surface area contributed by atoms with Crippen molar-refractivity contribution >= 4 is 30.6 Å². The molecule has 2 aromatic rings. The van der Waals surface area contributed by atoms with Crippen molar-refractivity contribution in [2.75, 3.05) is 13.6 Å². The number of nitro groups is 1. The van der Waals surface area contributed by atoms with Gasteiger partial charge in [0.2, 0.25) is 6.79 Å². The van der Waals surface area contributed by atoms with Gasteiger partial charge in [-0.2, -0.15) is 0 Å². The molecule has 13 heteroatoms. The molecule has 152 valence electrons. The number of hydrogen-bond donors (Lipinski definition) is 1. The van der Waals surface area contributed by atoms with Crippen LogP contribution >= 0.6 is 7.82 Å². The molecule has 0 aliphatic carbocycles. The summed E-state index contributed by atoms with van der Waals surface area (Å²) in [6.07, 6.45) is -0.0918. The zero-order chi connectivity index (χ0) is 20.7. The minimum atomic E-state index is -4.59. The Labute approximate surface area is 158 Å². The molecule has 28 heavy (non-hydrogen) atoms. The number of fused-ring (bicyclic) bond motifs is 1. The fourth-order valence-electron chi connectivity index (χ4n) is 1.97. The molecule has 1 aromatic heterocycles. The number of rotatable bonds is 9. The van der Waals surface area contributed by atoms with E-state index in [1.54, 1.807) is 13.8 Å². The first-order valence-corrected chi connectivity index (χ1v) is 9.29. The Balaban J connectivity index is 1.92. The van der Waals surface area contributed by atoms with Crippen molar-refractivity contribution in [3.8, 4) is 5.75 Å². The van der Waals surface area contributed by atoms with Gasteiger partial charge in [-0.15, -0.1) is 0 Å². The van der Waals surface area contributed by atoms with Crippen LogP contribution in [-0.4, -0.2) is 40.6 Å². The molecule has 1 heterocycles. The lowest BCUT2D eigenvalue weighted by Crippen LogP contribution is -2.15. The molecular weight excluding hydrogens is 399 g/mol. The van der Waals surface area contributed by atoms with Gasteiger partial charge in [-0.3, -0.25) is 15.1 Å². The van der Waals surface area contributed by atoms with Gasteiger partial charge >= 0.3 is 14.0 Å². The molecule has 1 N–H and O–H groups in total. The molecule has 0 saturated heterocycles. The van der Waals surface area contributed by atoms with Crippen molar-refractivity contribution in [3.05, 3.63) is 40.6 Å². The van der Waals surface area contributed by atoms with E-state index in [-0.39, 0.29) is 22.3 Å². The van der Waals surface area contributed by atoms with Crippen LogP contribution in [0.2, 0.25) is 0 Å². The number of phosphoric acid groups is 1. The van der Waals surface area contributed by atoms with Crippen LogP contribution in [0.5, 0.6) is 5.75 Å². The molecule has 0 amide bonds. The van der Waals surface area contributed by atoms with Gasteiger partial charge in [0.05, 0.1) is 16.4 Å². The number of hydrogen-bond acceptors (Lipinski definition) is 10. The topological polar surface area (TPSA) is 157 Å². The summed E-state index contributed by atoms with van der Waals surface area (Å²) in [5.41, 5.74) is 0.00622. The normalized spacial score (nSPS) is 13.1. The number of carbonyl (C=O) groups is 1. The average molecular weight is 416 g/mol. The van der Waals surface area contributed by atoms with E-state index in [4.69, 9.17) is 4.74 Å². The number of ether oxygens (including phenoxy) is 3. The maximum Gasteiger partial charge on any atom is 0.510 e. The van der Waals surface area contributed by atoms with Crippen LogP contribution in [-0.2, 0) is 23.1 Å². The summed E-state index contributed by atoms with van der Waals surface area (Å²) in [5, 5.41) is 11.3. The Morgan fingerprint density at radius 3 is 2.68 bits per heavy atom. The minimum absolute atomic E-state index is 0.0953. The molecular formula is C15H17N2O10P. The Bertz CT molecular complexity index is 904. The second kappa shape index (κ2) is 9.42. The highest BCUT2D eigenvalue weighted by Gasteiger charge is 2.23. The predicted octanol–water partition coefficient (Wildman–Crippen LogP) is 3.13. The summed E-state index contributed by atoms with van der Waals surface area (Å²) in [7, 11) is -4.59. The Hall–Kier alpha value is -2.79. The Morgan fingerprint density at radius 1 is 1.29 bits per heavy atom. The average Bonchev–Trinajstić information content (AvgIpc) is 2.60. The van der Waals surface area contributed by atoms with Gasteiger partial charge in [0, 0.05) is 12.3 Å². The van der Waals surface area contributed by atoms with E-state index in [0.29, 0.717) is 0 Å². The second-order valence-corrected chi connectivity index (χ2v) is 6.86. The first-order valence-electron chi connectivity index (χ1n) is 7.80. The van der Waals surface area contributed by atoms with E-state index >= 15 is 0 Å². The van der Waals surface area contributed by atoms with E-state index in [1.807, 2.05) is 0 Å². The van der Waals surface area contributed by atoms with E-state index in [2.05, 4.69) is 23.5 Å². The summed E-state index contributed by atoms with van der Waals surface area (Å²) >= 11 is 0. The lowest BCUT2D eigenvalue weighted by molar-refractivity contribution is -0.383. The van der Waals surface area contributed by atoms with Crippen LogP contribution in [0.15, 0.2) is 30.5 Å². The monoisotopic (exact) mass is 416 g/mol. The van der Waals surface area contributed by atoms with Crippen molar-refractivity contribution in [2.45, 2.75) is 20.0 Å². The first-order chi connectivity index (χ1) is 13.2. The molecule has 1 unspecified atom stereocenters. The van der Waals surface area contributed by atoms with Crippen molar-refractivity contribution < 1.29 is 42.4 Å². The Kier molecular flexibility index (Phi) is 7.24. The molecule has 0 radical (unpaired) electrons. The Morgan fingerprint density at radius 2 is 2.00 bits per heavy atom. The van der Waals surface area contributed by atoms with Crippen LogP contribution in [0, 0.1) is 10.1 Å². The van der Waals surface area contributed by atoms with Crippen molar-refractivity contribution in [2.24, 2.45) is 0 Å². The lowest BCUT2D eigenvalue weighted by Gasteiger charge is -2.14. The third kappa shape index (κ3) is 6.13. The van der Waals surface area contributed by atoms with Crippen molar-refractivity contribution in [1.29, 1.82) is 0 Å². The maximum atomic E-state index is 11.7. The molecule has 0 aliphatic rings. The van der Waals surface area contributed by atoms with Gasteiger partial charge in [-0.05, 0) is 32.0 Å². The number of pyridine rings is 1. The number of carbonyl (C=O) groups excluding carboxylic acids is 1. The van der Waals surface area contributed by atoms with Gasteiger partial charge < -0.3 is 19.1 Å². The van der Waals surface area contributed by atoms with E-state index < -0.39 is 38.6 Å². The summed E-state index contributed by atoms with van der Waals surface area (Å²) in [6.45, 7) is 1.58. The fraction of sp³-hybridized carbons (Fsp3) is 0.333. The van der Waals surface area contributed by atoms with Crippen LogP contribution in [0.25, 0.3) is 10.9 Å². The van der Waals surface area contributed by atoms with Gasteiger partial charge in [0.25, 0.3) is 5.69 Å². The number of nitrogens with zero attached hydrogens (tertiary/aromatic N) is 2. The number of non-ortho nitro benzene ring substituents is 1. The van der Waals surface area contributed by atoms with Gasteiger partial charge in [0.1, 0.15) is 11.3 Å². The largest absolute Gasteiger partial charge is 0.510 e. The second-order valence-electron chi connectivity index (χ2n) is 5.41. The fourth-order valence-corrected chi connectivity index (χ4v) is 2.41. The first kappa shape index (κ1) is 21.5. The summed E-state index contributed by atoms with van der Waals surface area (Å²) in [6, 6.07) is 5.51. The molecule has 0 aliphatic heterocycles. The smallest absolute Gasteiger partial charge is 0.465 e. The number of aromatic nitrogens is 1. The van der Waals surface area contributed by atoms with Gasteiger partial charge in [-0.1, -0.05) is 0 Å². The molecule has 0 fully saturated rings. The summed E-state index contributed by atoms with van der Waals surface area (Å²) in [4.78, 5) is 35.1. The zero-order valence-corrected chi connectivity index (χ0v) is 15.7. The molecule has 12 nitrogen and oxygen atoms in total. The third-order valence-corrected chi connectivity index (χ3v) is 3.92. The van der Waals surface area contributed by atoms with Gasteiger partial charge in [-0.25, -0.2) is 18.4 Å². The number of benzene rings is 1. The highest BCUT2D eigenvalue weighted by atomic mass is 31.2.